The van der Waals surface area contributed by atoms with E-state index in [1.54, 1.807) is 79.0 Å². The fourth-order valence-electron chi connectivity index (χ4n) is 3.84. The average molecular weight is 607 g/mol. The van der Waals surface area contributed by atoms with Gasteiger partial charge in [0.15, 0.2) is 5.78 Å². The second kappa shape index (κ2) is 16.5. The van der Waals surface area contributed by atoms with Crippen LogP contribution < -0.4 is 14.2 Å². The minimum atomic E-state index is -0.683. The molecule has 2 aromatic carbocycles. The molecule has 8 nitrogen and oxygen atoms in total. The summed E-state index contributed by atoms with van der Waals surface area (Å²) in [6.07, 6.45) is 12.2. The minimum absolute atomic E-state index is 0.226. The highest BCUT2D eigenvalue weighted by atomic mass is 16.7. The third kappa shape index (κ3) is 10.7. The molecule has 0 heterocycles. The van der Waals surface area contributed by atoms with Crippen LogP contribution in [0.3, 0.4) is 0 Å². The van der Waals surface area contributed by atoms with Crippen LogP contribution in [-0.4, -0.2) is 38.4 Å². The molecule has 0 aliphatic rings. The van der Waals surface area contributed by atoms with Crippen LogP contribution in [0.2, 0.25) is 0 Å². The van der Waals surface area contributed by atoms with Crippen molar-refractivity contribution in [2.45, 2.75) is 68.2 Å². The summed E-state index contributed by atoms with van der Waals surface area (Å²) < 4.78 is 27.9. The molecule has 0 aliphatic heterocycles. The lowest BCUT2D eigenvalue weighted by Crippen LogP contribution is -2.25. The van der Waals surface area contributed by atoms with E-state index in [0.29, 0.717) is 41.2 Å². The van der Waals surface area contributed by atoms with Gasteiger partial charge in [-0.2, -0.15) is 0 Å². The van der Waals surface area contributed by atoms with Crippen LogP contribution in [0, 0.1) is 10.8 Å². The lowest BCUT2D eigenvalue weighted by molar-refractivity contribution is -0.160. The van der Waals surface area contributed by atoms with Crippen molar-refractivity contribution in [3.05, 3.63) is 83.0 Å². The number of methoxy groups -OCH3 is 1. The van der Waals surface area contributed by atoms with Gasteiger partial charge in [-0.25, -0.2) is 0 Å². The first-order valence-corrected chi connectivity index (χ1v) is 14.6. The molecule has 0 saturated carbocycles. The van der Waals surface area contributed by atoms with Crippen LogP contribution in [0.15, 0.2) is 60.7 Å². The Morgan fingerprint density at radius 3 is 1.70 bits per heavy atom. The van der Waals surface area contributed by atoms with Crippen molar-refractivity contribution >= 4 is 23.8 Å². The van der Waals surface area contributed by atoms with E-state index in [-0.39, 0.29) is 25.3 Å². The smallest absolute Gasteiger partial charge is 0.314 e. The van der Waals surface area contributed by atoms with Gasteiger partial charge in [-0.15, -0.1) is 0 Å². The predicted molar refractivity (Wildman–Crippen MR) is 172 cm³/mol. The van der Waals surface area contributed by atoms with E-state index in [4.69, 9.17) is 23.7 Å². The highest BCUT2D eigenvalue weighted by Gasteiger charge is 2.25. The maximum absolute atomic E-state index is 13.2. The SMILES string of the molecule is C/C=C/Cc1cc(C/C=C/C)c(OCOC(=O)C(C)(C)C)c(/C=C/C(=O)c2ccc(OCOC(=O)C(C)(C)C)cc2)c1OC. The van der Waals surface area contributed by atoms with Gasteiger partial charge >= 0.3 is 11.9 Å². The van der Waals surface area contributed by atoms with Gasteiger partial charge in [0.25, 0.3) is 0 Å². The first-order chi connectivity index (χ1) is 20.7. The molecular formula is C36H46O8. The third-order valence-corrected chi connectivity index (χ3v) is 6.35. The summed E-state index contributed by atoms with van der Waals surface area (Å²) in [6.45, 7) is 14.0. The number of ether oxygens (including phenoxy) is 5. The number of esters is 2. The molecule has 0 fully saturated rings. The lowest BCUT2D eigenvalue weighted by Gasteiger charge is -2.21. The lowest BCUT2D eigenvalue weighted by atomic mass is 9.96. The Morgan fingerprint density at radius 1 is 0.727 bits per heavy atom. The van der Waals surface area contributed by atoms with E-state index in [1.807, 2.05) is 44.2 Å². The fourth-order valence-corrected chi connectivity index (χ4v) is 3.84. The first kappa shape index (κ1) is 35.9. The van der Waals surface area contributed by atoms with Crippen LogP contribution >= 0.6 is 0 Å². The van der Waals surface area contributed by atoms with Crippen molar-refractivity contribution in [2.24, 2.45) is 10.8 Å². The zero-order chi connectivity index (χ0) is 32.9. The largest absolute Gasteiger partial charge is 0.496 e. The summed E-state index contributed by atoms with van der Waals surface area (Å²) in [5.41, 5.74) is 1.46. The van der Waals surface area contributed by atoms with E-state index in [0.717, 1.165) is 11.1 Å². The molecule has 0 N–H and O–H groups in total. The Kier molecular flexibility index (Phi) is 13.4. The molecule has 0 aliphatic carbocycles. The molecule has 0 saturated heterocycles. The van der Waals surface area contributed by atoms with E-state index >= 15 is 0 Å². The highest BCUT2D eigenvalue weighted by Crippen LogP contribution is 2.38. The molecule has 0 radical (unpaired) electrons. The van der Waals surface area contributed by atoms with Gasteiger partial charge in [-0.05, 0) is 122 Å². The molecule has 238 valence electrons. The molecule has 2 aromatic rings. The molecule has 0 spiro atoms. The Labute approximate surface area is 261 Å². The van der Waals surface area contributed by atoms with Crippen LogP contribution in [0.25, 0.3) is 6.08 Å². The monoisotopic (exact) mass is 606 g/mol. The van der Waals surface area contributed by atoms with E-state index in [2.05, 4.69) is 0 Å². The summed E-state index contributed by atoms with van der Waals surface area (Å²) in [5.74, 6) is 0.461. The Bertz CT molecular complexity index is 1370. The Balaban J connectivity index is 2.40. The molecule has 44 heavy (non-hydrogen) atoms. The maximum Gasteiger partial charge on any atom is 0.314 e. The molecule has 0 unspecified atom stereocenters. The van der Waals surface area contributed by atoms with Gasteiger partial charge in [0.05, 0.1) is 23.5 Å². The number of allylic oxidation sites excluding steroid dienone is 5. The highest BCUT2D eigenvalue weighted by molar-refractivity contribution is 6.07. The summed E-state index contributed by atoms with van der Waals surface area (Å²) in [7, 11) is 1.57. The standard InChI is InChI=1S/C36H46O8/c1-10-12-14-26-22-27(15-13-11-2)32(42-24-44-34(39)36(6,7)8)29(31(26)40-9)20-21-30(37)25-16-18-28(19-17-25)41-23-43-33(38)35(3,4)5/h10-13,16-22H,14-15,23-24H2,1-9H3/b12-10+,13-11+,21-20+. The Hall–Kier alpha value is -4.33. The zero-order valence-corrected chi connectivity index (χ0v) is 27.4. The number of carbonyl (C=O) groups is 3. The normalized spacial score (nSPS) is 12.1. The second-order valence-electron chi connectivity index (χ2n) is 12.1. The van der Waals surface area contributed by atoms with Gasteiger partial charge in [0, 0.05) is 5.56 Å². The van der Waals surface area contributed by atoms with Gasteiger partial charge in [0.2, 0.25) is 13.6 Å². The first-order valence-electron chi connectivity index (χ1n) is 14.6. The zero-order valence-electron chi connectivity index (χ0n) is 27.4. The number of ketones is 1. The van der Waals surface area contributed by atoms with Crippen molar-refractivity contribution in [2.75, 3.05) is 20.7 Å². The number of hydrogen-bond donors (Lipinski definition) is 0. The predicted octanol–water partition coefficient (Wildman–Crippen LogP) is 7.68. The van der Waals surface area contributed by atoms with Gasteiger partial charge in [-0.3, -0.25) is 14.4 Å². The molecular weight excluding hydrogens is 560 g/mol. The summed E-state index contributed by atoms with van der Waals surface area (Å²) in [4.78, 5) is 37.5. The maximum atomic E-state index is 13.2. The summed E-state index contributed by atoms with van der Waals surface area (Å²) >= 11 is 0. The Morgan fingerprint density at radius 2 is 1.23 bits per heavy atom. The van der Waals surface area contributed by atoms with Crippen molar-refractivity contribution in [3.63, 3.8) is 0 Å². The summed E-state index contributed by atoms with van der Waals surface area (Å²) in [6, 6.07) is 8.55. The molecule has 0 aromatic heterocycles. The van der Waals surface area contributed by atoms with Crippen molar-refractivity contribution in [3.8, 4) is 17.2 Å². The van der Waals surface area contributed by atoms with E-state index < -0.39 is 16.8 Å². The molecule has 0 atom stereocenters. The third-order valence-electron chi connectivity index (χ3n) is 6.35. The quantitative estimate of drug-likeness (QED) is 0.0710. The van der Waals surface area contributed by atoms with Gasteiger partial charge in [-0.1, -0.05) is 24.3 Å². The van der Waals surface area contributed by atoms with Gasteiger partial charge < -0.3 is 23.7 Å². The van der Waals surface area contributed by atoms with Gasteiger partial charge in [0.1, 0.15) is 17.2 Å². The van der Waals surface area contributed by atoms with Crippen LogP contribution in [0.1, 0.15) is 82.4 Å². The molecule has 0 bridgehead atoms. The number of hydrogen-bond acceptors (Lipinski definition) is 8. The van der Waals surface area contributed by atoms with Crippen LogP contribution in [0.4, 0.5) is 0 Å². The van der Waals surface area contributed by atoms with Crippen LogP contribution in [-0.2, 0) is 31.9 Å². The molecule has 8 heteroatoms. The number of rotatable bonds is 14. The molecule has 2 rings (SSSR count). The average Bonchev–Trinajstić information content (AvgIpc) is 2.97. The summed E-state index contributed by atoms with van der Waals surface area (Å²) in [5, 5.41) is 0. The van der Waals surface area contributed by atoms with E-state index in [9.17, 15) is 14.4 Å². The number of benzene rings is 2. The topological polar surface area (TPSA) is 97.4 Å². The van der Waals surface area contributed by atoms with Crippen LogP contribution in [0.5, 0.6) is 17.2 Å². The fraction of sp³-hybridized carbons (Fsp3) is 0.417. The number of carbonyl (C=O) groups excluding carboxylic acids is 3. The van der Waals surface area contributed by atoms with Crippen molar-refractivity contribution in [1.29, 1.82) is 0 Å². The minimum Gasteiger partial charge on any atom is -0.496 e. The van der Waals surface area contributed by atoms with Crippen molar-refractivity contribution in [1.82, 2.24) is 0 Å². The van der Waals surface area contributed by atoms with E-state index in [1.165, 1.54) is 6.08 Å². The second-order valence-corrected chi connectivity index (χ2v) is 12.1. The molecule has 0 amide bonds. The van der Waals surface area contributed by atoms with Crippen molar-refractivity contribution < 1.29 is 38.1 Å².